The molecule has 1 aromatic heterocycles. The number of rotatable bonds is 5. The number of hydrogen-bond donors (Lipinski definition) is 1. The van der Waals surface area contributed by atoms with Gasteiger partial charge in [0.2, 0.25) is 0 Å². The molecule has 0 bridgehead atoms. The number of carbonyl (C=O) groups is 2. The molecular weight excluding hydrogens is 408 g/mol. The number of aromatic nitrogens is 1. The Labute approximate surface area is 185 Å². The lowest BCUT2D eigenvalue weighted by molar-refractivity contribution is -0.131. The van der Waals surface area contributed by atoms with Gasteiger partial charge in [-0.15, -0.1) is 11.3 Å². The summed E-state index contributed by atoms with van der Waals surface area (Å²) >= 11 is 1.47. The third kappa shape index (κ3) is 3.82. The van der Waals surface area contributed by atoms with Gasteiger partial charge in [0.15, 0.2) is 0 Å². The molecule has 0 spiro atoms. The summed E-state index contributed by atoms with van der Waals surface area (Å²) in [6.07, 6.45) is 1.71. The van der Waals surface area contributed by atoms with Crippen molar-refractivity contribution in [1.29, 1.82) is 5.26 Å². The first-order valence-corrected chi connectivity index (χ1v) is 10.8. The number of nitrogens with zero attached hydrogens (tertiary/aromatic N) is 3. The van der Waals surface area contributed by atoms with E-state index in [9.17, 15) is 9.59 Å². The molecule has 1 fully saturated rings. The first kappa shape index (κ1) is 20.8. The SMILES string of the molecule is CC(C)c1ccc(-c2ncc(CN3C(=O)NC(C)(c4cccc(C#N)c4)C3=O)s2)cc1. The smallest absolute Gasteiger partial charge is 0.319 e. The molecule has 7 heteroatoms. The number of urea groups is 1. The summed E-state index contributed by atoms with van der Waals surface area (Å²) in [4.78, 5) is 32.3. The first-order chi connectivity index (χ1) is 14.8. The van der Waals surface area contributed by atoms with Gasteiger partial charge in [-0.05, 0) is 36.1 Å². The van der Waals surface area contributed by atoms with Crippen molar-refractivity contribution in [3.63, 3.8) is 0 Å². The quantitative estimate of drug-likeness (QED) is 0.591. The molecule has 1 unspecified atom stereocenters. The summed E-state index contributed by atoms with van der Waals surface area (Å²) in [5.74, 6) is 0.118. The van der Waals surface area contributed by atoms with Crippen molar-refractivity contribution in [3.05, 3.63) is 76.3 Å². The molecule has 1 atom stereocenters. The predicted molar refractivity (Wildman–Crippen MR) is 119 cm³/mol. The van der Waals surface area contributed by atoms with E-state index in [1.807, 2.05) is 12.1 Å². The molecule has 31 heavy (non-hydrogen) atoms. The average molecular weight is 431 g/mol. The molecule has 3 amide bonds. The lowest BCUT2D eigenvalue weighted by atomic mass is 9.91. The molecule has 156 valence electrons. The number of imide groups is 1. The van der Waals surface area contributed by atoms with Crippen LogP contribution < -0.4 is 5.32 Å². The fraction of sp³-hybridized carbons (Fsp3) is 0.250. The third-order valence-corrected chi connectivity index (χ3v) is 6.57. The van der Waals surface area contributed by atoms with Crippen molar-refractivity contribution in [2.75, 3.05) is 0 Å². The molecule has 1 saturated heterocycles. The monoisotopic (exact) mass is 430 g/mol. The average Bonchev–Trinajstić information content (AvgIpc) is 3.33. The summed E-state index contributed by atoms with van der Waals surface area (Å²) in [6.45, 7) is 6.12. The lowest BCUT2D eigenvalue weighted by Crippen LogP contribution is -2.40. The van der Waals surface area contributed by atoms with E-state index in [2.05, 4.69) is 42.4 Å². The summed E-state index contributed by atoms with van der Waals surface area (Å²) in [5, 5.41) is 12.8. The van der Waals surface area contributed by atoms with Crippen molar-refractivity contribution in [2.45, 2.75) is 38.8 Å². The van der Waals surface area contributed by atoms with Gasteiger partial charge in [-0.2, -0.15) is 5.26 Å². The van der Waals surface area contributed by atoms with Crippen LogP contribution in [0.5, 0.6) is 0 Å². The highest BCUT2D eigenvalue weighted by atomic mass is 32.1. The van der Waals surface area contributed by atoms with Crippen molar-refractivity contribution in [2.24, 2.45) is 0 Å². The fourth-order valence-corrected chi connectivity index (χ4v) is 4.52. The van der Waals surface area contributed by atoms with Crippen LogP contribution in [-0.4, -0.2) is 21.8 Å². The molecule has 1 aliphatic rings. The van der Waals surface area contributed by atoms with E-state index >= 15 is 0 Å². The largest absolute Gasteiger partial charge is 0.325 e. The molecule has 1 N–H and O–H groups in total. The molecular formula is C24H22N4O2S. The van der Waals surface area contributed by atoms with Crippen LogP contribution in [0.1, 0.15) is 48.3 Å². The van der Waals surface area contributed by atoms with Crippen LogP contribution in [0.3, 0.4) is 0 Å². The molecule has 0 saturated carbocycles. The van der Waals surface area contributed by atoms with E-state index in [0.29, 0.717) is 17.0 Å². The second-order valence-electron chi connectivity index (χ2n) is 8.05. The van der Waals surface area contributed by atoms with Crippen LogP contribution in [0.4, 0.5) is 4.79 Å². The van der Waals surface area contributed by atoms with Crippen LogP contribution in [0.25, 0.3) is 10.6 Å². The van der Waals surface area contributed by atoms with Gasteiger partial charge in [-0.3, -0.25) is 9.69 Å². The maximum Gasteiger partial charge on any atom is 0.325 e. The minimum absolute atomic E-state index is 0.153. The van der Waals surface area contributed by atoms with Crippen LogP contribution in [-0.2, 0) is 16.9 Å². The Morgan fingerprint density at radius 1 is 1.19 bits per heavy atom. The molecule has 4 rings (SSSR count). The summed E-state index contributed by atoms with van der Waals surface area (Å²) in [5.41, 5.74) is 2.09. The fourth-order valence-electron chi connectivity index (χ4n) is 3.62. The van der Waals surface area contributed by atoms with Crippen molar-refractivity contribution in [1.82, 2.24) is 15.2 Å². The van der Waals surface area contributed by atoms with Gasteiger partial charge in [0.05, 0.1) is 18.2 Å². The number of carbonyl (C=O) groups excluding carboxylic acids is 2. The van der Waals surface area contributed by atoms with Gasteiger partial charge < -0.3 is 5.32 Å². The Bertz CT molecular complexity index is 1190. The van der Waals surface area contributed by atoms with Crippen LogP contribution in [0.2, 0.25) is 0 Å². The van der Waals surface area contributed by atoms with Gasteiger partial charge in [-0.1, -0.05) is 50.2 Å². The number of hydrogen-bond acceptors (Lipinski definition) is 5. The Hall–Kier alpha value is -3.50. The van der Waals surface area contributed by atoms with Gasteiger partial charge in [0.1, 0.15) is 10.5 Å². The first-order valence-electron chi connectivity index (χ1n) is 10.0. The topological polar surface area (TPSA) is 86.1 Å². The molecule has 1 aliphatic heterocycles. The second kappa shape index (κ2) is 7.97. The standard InChI is InChI=1S/C24H22N4O2S/c1-15(2)17-7-9-18(10-8-17)21-26-13-20(31-21)14-28-22(29)24(3,27-23(28)30)19-6-4-5-16(11-19)12-25/h4-11,13,15H,14H2,1-3H3,(H,27,30). The highest BCUT2D eigenvalue weighted by Gasteiger charge is 2.49. The third-order valence-electron chi connectivity index (χ3n) is 5.54. The summed E-state index contributed by atoms with van der Waals surface area (Å²) < 4.78 is 0. The highest BCUT2D eigenvalue weighted by molar-refractivity contribution is 7.15. The van der Waals surface area contributed by atoms with Gasteiger partial charge in [0, 0.05) is 16.6 Å². The van der Waals surface area contributed by atoms with Gasteiger partial charge in [0.25, 0.3) is 5.91 Å². The Morgan fingerprint density at radius 3 is 2.61 bits per heavy atom. The molecule has 3 aromatic rings. The van der Waals surface area contributed by atoms with Crippen molar-refractivity contribution < 1.29 is 9.59 Å². The predicted octanol–water partition coefficient (Wildman–Crippen LogP) is 4.77. The maximum absolute atomic E-state index is 13.2. The van der Waals surface area contributed by atoms with E-state index < -0.39 is 11.6 Å². The van der Waals surface area contributed by atoms with E-state index in [-0.39, 0.29) is 12.5 Å². The van der Waals surface area contributed by atoms with Crippen molar-refractivity contribution >= 4 is 23.3 Å². The normalized spacial score (nSPS) is 18.4. The Kier molecular flexibility index (Phi) is 5.34. The Morgan fingerprint density at radius 2 is 1.94 bits per heavy atom. The summed E-state index contributed by atoms with van der Waals surface area (Å²) in [6, 6.07) is 16.7. The van der Waals surface area contributed by atoms with E-state index in [1.165, 1.54) is 21.8 Å². The minimum Gasteiger partial charge on any atom is -0.319 e. The zero-order valence-electron chi connectivity index (χ0n) is 17.5. The lowest BCUT2D eigenvalue weighted by Gasteiger charge is -2.22. The number of thiazole rings is 1. The van der Waals surface area contributed by atoms with E-state index in [4.69, 9.17) is 5.26 Å². The van der Waals surface area contributed by atoms with Crippen LogP contribution >= 0.6 is 11.3 Å². The van der Waals surface area contributed by atoms with Gasteiger partial charge in [-0.25, -0.2) is 9.78 Å². The number of nitriles is 1. The second-order valence-corrected chi connectivity index (χ2v) is 9.16. The minimum atomic E-state index is -1.20. The molecule has 2 aromatic carbocycles. The van der Waals surface area contributed by atoms with Crippen LogP contribution in [0.15, 0.2) is 54.7 Å². The van der Waals surface area contributed by atoms with E-state index in [0.717, 1.165) is 15.4 Å². The maximum atomic E-state index is 13.2. The van der Waals surface area contributed by atoms with E-state index in [1.54, 1.807) is 37.4 Å². The van der Waals surface area contributed by atoms with Gasteiger partial charge >= 0.3 is 6.03 Å². The zero-order valence-corrected chi connectivity index (χ0v) is 18.4. The molecule has 0 aliphatic carbocycles. The molecule has 6 nitrogen and oxygen atoms in total. The number of amides is 3. The Balaban J connectivity index is 1.54. The highest BCUT2D eigenvalue weighted by Crippen LogP contribution is 2.32. The number of nitrogens with one attached hydrogen (secondary N) is 1. The number of benzene rings is 2. The molecule has 2 heterocycles. The zero-order chi connectivity index (χ0) is 22.2. The van der Waals surface area contributed by atoms with Crippen molar-refractivity contribution in [3.8, 4) is 16.6 Å². The van der Waals surface area contributed by atoms with Crippen LogP contribution in [0, 0.1) is 11.3 Å². The summed E-state index contributed by atoms with van der Waals surface area (Å²) in [7, 11) is 0. The molecule has 0 radical (unpaired) electrons.